The molecule has 0 unspecified atom stereocenters. The van der Waals surface area contributed by atoms with Crippen molar-refractivity contribution in [2.45, 2.75) is 6.61 Å². The highest BCUT2D eigenvalue weighted by molar-refractivity contribution is 6.32. The van der Waals surface area contributed by atoms with Gasteiger partial charge in [0.15, 0.2) is 11.5 Å². The molecule has 168 valence electrons. The van der Waals surface area contributed by atoms with E-state index in [1.807, 2.05) is 42.5 Å². The second-order valence-electron chi connectivity index (χ2n) is 7.48. The van der Waals surface area contributed by atoms with Gasteiger partial charge in [0.25, 0.3) is 5.69 Å². The summed E-state index contributed by atoms with van der Waals surface area (Å²) < 4.78 is 11.3. The Balaban J connectivity index is 1.60. The van der Waals surface area contributed by atoms with E-state index in [4.69, 9.17) is 21.1 Å². The Morgan fingerprint density at radius 3 is 2.47 bits per heavy atom. The molecule has 4 rings (SSSR count). The summed E-state index contributed by atoms with van der Waals surface area (Å²) in [5.74, 6) is 0.764. The molecule has 0 atom stereocenters. The van der Waals surface area contributed by atoms with Crippen molar-refractivity contribution < 1.29 is 14.4 Å². The summed E-state index contributed by atoms with van der Waals surface area (Å²) in [4.78, 5) is 10.4. The fourth-order valence-electron chi connectivity index (χ4n) is 3.54. The molecule has 0 fully saturated rings. The van der Waals surface area contributed by atoms with Gasteiger partial charge in [-0.3, -0.25) is 10.1 Å². The number of hydrogen-bond donors (Lipinski definition) is 0. The first-order chi connectivity index (χ1) is 16.5. The maximum atomic E-state index is 10.8. The molecule has 0 heterocycles. The summed E-state index contributed by atoms with van der Waals surface area (Å²) in [5, 5.41) is 23.1. The van der Waals surface area contributed by atoms with Crippen LogP contribution in [0.1, 0.15) is 16.7 Å². The van der Waals surface area contributed by atoms with Crippen LogP contribution < -0.4 is 9.47 Å². The summed E-state index contributed by atoms with van der Waals surface area (Å²) in [6.07, 6.45) is 1.75. The number of halogens is 1. The Kier molecular flexibility index (Phi) is 6.77. The average Bonchev–Trinajstić information content (AvgIpc) is 2.86. The van der Waals surface area contributed by atoms with Crippen LogP contribution in [0.25, 0.3) is 22.4 Å². The minimum atomic E-state index is -0.454. The molecule has 0 amide bonds. The lowest BCUT2D eigenvalue weighted by Crippen LogP contribution is -1.99. The fourth-order valence-corrected chi connectivity index (χ4v) is 3.81. The zero-order valence-electron chi connectivity index (χ0n) is 18.2. The van der Waals surface area contributed by atoms with Gasteiger partial charge in [-0.05, 0) is 63.9 Å². The highest BCUT2D eigenvalue weighted by atomic mass is 35.5. The van der Waals surface area contributed by atoms with Crippen LogP contribution in [0.4, 0.5) is 5.69 Å². The Morgan fingerprint density at radius 1 is 1.06 bits per heavy atom. The zero-order valence-corrected chi connectivity index (χ0v) is 19.0. The molecule has 0 aliphatic heterocycles. The van der Waals surface area contributed by atoms with Crippen LogP contribution in [0.3, 0.4) is 0 Å². The van der Waals surface area contributed by atoms with Crippen LogP contribution in [-0.4, -0.2) is 12.0 Å². The number of nitro benzene ring substituents is 1. The number of allylic oxidation sites excluding steroid dienone is 1. The average molecular weight is 471 g/mol. The third-order valence-electron chi connectivity index (χ3n) is 5.27. The van der Waals surface area contributed by atoms with E-state index >= 15 is 0 Å². The SMILES string of the molecule is COc1cc(/C=C(/C#N)c2ccc3ccccc3c2)cc(Cl)c1OCc1ccc([N+](=O)[O-])cc1. The number of ether oxygens (including phenoxy) is 2. The van der Waals surface area contributed by atoms with Crippen LogP contribution in [-0.2, 0) is 6.61 Å². The number of nitriles is 1. The van der Waals surface area contributed by atoms with E-state index in [-0.39, 0.29) is 12.3 Å². The maximum absolute atomic E-state index is 10.8. The first kappa shape index (κ1) is 22.8. The lowest BCUT2D eigenvalue weighted by molar-refractivity contribution is -0.384. The summed E-state index contributed by atoms with van der Waals surface area (Å²) in [6.45, 7) is 0.157. The highest BCUT2D eigenvalue weighted by Gasteiger charge is 2.13. The van der Waals surface area contributed by atoms with Crippen LogP contribution in [0.2, 0.25) is 5.02 Å². The van der Waals surface area contributed by atoms with Gasteiger partial charge in [0, 0.05) is 12.1 Å². The van der Waals surface area contributed by atoms with Crippen molar-refractivity contribution in [3.05, 3.63) is 111 Å². The highest BCUT2D eigenvalue weighted by Crippen LogP contribution is 2.38. The monoisotopic (exact) mass is 470 g/mol. The van der Waals surface area contributed by atoms with Gasteiger partial charge in [0.2, 0.25) is 0 Å². The first-order valence-corrected chi connectivity index (χ1v) is 10.7. The Morgan fingerprint density at radius 2 is 1.79 bits per heavy atom. The van der Waals surface area contributed by atoms with Crippen molar-refractivity contribution in [2.24, 2.45) is 0 Å². The topological polar surface area (TPSA) is 85.4 Å². The molecule has 0 aliphatic carbocycles. The quantitative estimate of drug-likeness (QED) is 0.125. The number of benzene rings is 4. The second kappa shape index (κ2) is 10.1. The predicted octanol–water partition coefficient (Wildman–Crippen LogP) is 7.05. The smallest absolute Gasteiger partial charge is 0.269 e. The van der Waals surface area contributed by atoms with Gasteiger partial charge in [-0.15, -0.1) is 0 Å². The summed E-state index contributed by atoms with van der Waals surface area (Å²) in [6, 6.07) is 25.6. The third-order valence-corrected chi connectivity index (χ3v) is 5.55. The molecule has 0 radical (unpaired) electrons. The van der Waals surface area contributed by atoms with Gasteiger partial charge in [0.05, 0.1) is 28.7 Å². The molecular formula is C27H19ClN2O4. The van der Waals surface area contributed by atoms with E-state index in [1.54, 1.807) is 30.3 Å². The number of rotatable bonds is 7. The molecule has 0 spiro atoms. The van der Waals surface area contributed by atoms with E-state index in [2.05, 4.69) is 6.07 Å². The standard InChI is InChI=1S/C27H19ClN2O4/c1-33-26-14-19(12-23(16-29)22-9-8-20-4-2-3-5-21(20)15-22)13-25(28)27(26)34-17-18-6-10-24(11-7-18)30(31)32/h2-15H,17H2,1H3/b23-12-. The molecular weight excluding hydrogens is 452 g/mol. The molecule has 0 saturated carbocycles. The molecule has 0 aromatic heterocycles. The largest absolute Gasteiger partial charge is 0.493 e. The minimum Gasteiger partial charge on any atom is -0.493 e. The van der Waals surface area contributed by atoms with Crippen molar-refractivity contribution in [3.63, 3.8) is 0 Å². The van der Waals surface area contributed by atoms with Gasteiger partial charge in [-0.2, -0.15) is 5.26 Å². The Bertz CT molecular complexity index is 1440. The van der Waals surface area contributed by atoms with Crippen molar-refractivity contribution in [3.8, 4) is 17.6 Å². The van der Waals surface area contributed by atoms with Crippen molar-refractivity contribution in [1.29, 1.82) is 5.26 Å². The van der Waals surface area contributed by atoms with E-state index in [1.165, 1.54) is 19.2 Å². The lowest BCUT2D eigenvalue weighted by atomic mass is 10.00. The van der Waals surface area contributed by atoms with Crippen LogP contribution in [0, 0.1) is 21.4 Å². The van der Waals surface area contributed by atoms with Gasteiger partial charge < -0.3 is 9.47 Å². The number of nitro groups is 1. The fraction of sp³-hybridized carbons (Fsp3) is 0.0741. The van der Waals surface area contributed by atoms with E-state index < -0.39 is 4.92 Å². The third kappa shape index (κ3) is 5.01. The Hall–Kier alpha value is -4.34. The normalized spacial score (nSPS) is 11.1. The zero-order chi connectivity index (χ0) is 24.1. The number of fused-ring (bicyclic) bond motifs is 1. The number of methoxy groups -OCH3 is 1. The summed E-state index contributed by atoms with van der Waals surface area (Å²) >= 11 is 6.49. The molecule has 6 nitrogen and oxygen atoms in total. The predicted molar refractivity (Wildman–Crippen MR) is 133 cm³/mol. The molecule has 34 heavy (non-hydrogen) atoms. The molecule has 0 N–H and O–H groups in total. The molecule has 0 bridgehead atoms. The van der Waals surface area contributed by atoms with Crippen molar-refractivity contribution in [2.75, 3.05) is 7.11 Å². The number of non-ortho nitro benzene ring substituents is 1. The van der Waals surface area contributed by atoms with Gasteiger partial charge >= 0.3 is 0 Å². The molecule has 4 aromatic rings. The lowest BCUT2D eigenvalue weighted by Gasteiger charge is -2.14. The van der Waals surface area contributed by atoms with Gasteiger partial charge in [-0.25, -0.2) is 0 Å². The van der Waals surface area contributed by atoms with Crippen molar-refractivity contribution in [1.82, 2.24) is 0 Å². The van der Waals surface area contributed by atoms with Gasteiger partial charge in [-0.1, -0.05) is 48.0 Å². The van der Waals surface area contributed by atoms with Crippen molar-refractivity contribution >= 4 is 39.7 Å². The summed E-state index contributed by atoms with van der Waals surface area (Å²) in [7, 11) is 1.51. The maximum Gasteiger partial charge on any atom is 0.269 e. The second-order valence-corrected chi connectivity index (χ2v) is 7.89. The van der Waals surface area contributed by atoms with Crippen LogP contribution in [0.15, 0.2) is 78.9 Å². The number of nitrogens with zero attached hydrogens (tertiary/aromatic N) is 2. The van der Waals surface area contributed by atoms with E-state index in [0.717, 1.165) is 21.9 Å². The summed E-state index contributed by atoms with van der Waals surface area (Å²) in [5.41, 5.74) is 2.73. The van der Waals surface area contributed by atoms with Crippen LogP contribution in [0.5, 0.6) is 11.5 Å². The molecule has 0 saturated heterocycles. The molecule has 0 aliphatic rings. The molecule has 4 aromatic carbocycles. The van der Waals surface area contributed by atoms with Gasteiger partial charge in [0.1, 0.15) is 6.61 Å². The van der Waals surface area contributed by atoms with Crippen LogP contribution >= 0.6 is 11.6 Å². The van der Waals surface area contributed by atoms with E-state index in [0.29, 0.717) is 27.7 Å². The minimum absolute atomic E-state index is 0.00946. The molecule has 7 heteroatoms. The Labute approximate surface area is 201 Å². The number of hydrogen-bond acceptors (Lipinski definition) is 5. The van der Waals surface area contributed by atoms with E-state index in [9.17, 15) is 15.4 Å². The first-order valence-electron chi connectivity index (χ1n) is 10.3.